The van der Waals surface area contributed by atoms with Gasteiger partial charge in [-0.15, -0.1) is 0 Å². The second kappa shape index (κ2) is 18.9. The number of hydrogen-bond donors (Lipinski definition) is 4. The van der Waals surface area contributed by atoms with Crippen LogP contribution in [-0.4, -0.2) is 97.3 Å². The minimum atomic E-state index is -0.931. The molecule has 46 heavy (non-hydrogen) atoms. The SMILES string of the molecule is CCC(=O)NCCNC(=O)C[C@@H]1CC(C)(OC)[C@H](O)C(/C=C/C(C)=C/CC2O[C@H](C)C(NC(=O)/C=C\[C@H](C)OC(C)=O)CC2C)O1. The summed E-state index contributed by atoms with van der Waals surface area (Å²) < 4.78 is 23.1. The Kier molecular flexibility index (Phi) is 16.1. The second-order valence-corrected chi connectivity index (χ2v) is 12.6. The Morgan fingerprint density at radius 1 is 1.07 bits per heavy atom. The van der Waals surface area contributed by atoms with Crippen LogP contribution in [-0.2, 0) is 38.1 Å². The van der Waals surface area contributed by atoms with Crippen LogP contribution in [0.1, 0.15) is 80.6 Å². The topological polar surface area (TPSA) is 162 Å². The molecule has 4 N–H and O–H groups in total. The van der Waals surface area contributed by atoms with Gasteiger partial charge in [0.05, 0.1) is 36.4 Å². The van der Waals surface area contributed by atoms with Crippen LogP contribution in [0.15, 0.2) is 36.0 Å². The Bertz CT molecular complexity index is 1120. The molecule has 0 spiro atoms. The Morgan fingerprint density at radius 3 is 2.37 bits per heavy atom. The van der Waals surface area contributed by atoms with Crippen molar-refractivity contribution in [2.45, 2.75) is 129 Å². The predicted octanol–water partition coefficient (Wildman–Crippen LogP) is 2.64. The van der Waals surface area contributed by atoms with Crippen LogP contribution in [0.25, 0.3) is 0 Å². The van der Waals surface area contributed by atoms with Crippen LogP contribution in [0.2, 0.25) is 0 Å². The number of carbonyl (C=O) groups is 4. The Hall–Kier alpha value is -3.06. The van der Waals surface area contributed by atoms with Crippen LogP contribution in [0.3, 0.4) is 0 Å². The lowest BCUT2D eigenvalue weighted by atomic mass is 9.84. The lowest BCUT2D eigenvalue weighted by molar-refractivity contribution is -0.207. The molecule has 2 fully saturated rings. The number of aliphatic hydroxyl groups excluding tert-OH is 1. The van der Waals surface area contributed by atoms with Crippen molar-refractivity contribution in [2.24, 2.45) is 5.92 Å². The van der Waals surface area contributed by atoms with E-state index in [1.165, 1.54) is 13.0 Å². The molecule has 0 saturated carbocycles. The molecule has 2 aliphatic heterocycles. The van der Waals surface area contributed by atoms with Gasteiger partial charge in [-0.2, -0.15) is 0 Å². The second-order valence-electron chi connectivity index (χ2n) is 12.6. The number of esters is 1. The molecule has 0 aliphatic carbocycles. The molecular formula is C34H55N3O9. The van der Waals surface area contributed by atoms with E-state index in [4.69, 9.17) is 18.9 Å². The summed E-state index contributed by atoms with van der Waals surface area (Å²) in [7, 11) is 1.54. The summed E-state index contributed by atoms with van der Waals surface area (Å²) in [6.45, 7) is 13.3. The standard InChI is InChI=1S/C34H55N3O9/c1-9-30(39)35-16-17-36-32(41)19-26-20-34(7,43-8)33(42)29(46-26)14-11-21(2)10-13-28-22(3)18-27(24(5)45-28)37-31(40)15-12-23(4)44-25(6)38/h10-12,14-15,22-24,26-29,33,42H,9,13,16-20H2,1-8H3,(H,35,39)(H,36,41)(H,37,40)/b14-11+,15-12-,21-10+/t22?,23-,24+,26+,27?,28?,29?,33+,34?/m0/s1. The van der Waals surface area contributed by atoms with Gasteiger partial charge >= 0.3 is 5.97 Å². The highest BCUT2D eigenvalue weighted by Gasteiger charge is 2.46. The van der Waals surface area contributed by atoms with Crippen LogP contribution in [0, 0.1) is 5.92 Å². The van der Waals surface area contributed by atoms with Crippen molar-refractivity contribution in [3.05, 3.63) is 36.0 Å². The van der Waals surface area contributed by atoms with E-state index in [0.717, 1.165) is 12.0 Å². The maximum Gasteiger partial charge on any atom is 0.303 e. The summed E-state index contributed by atoms with van der Waals surface area (Å²) in [5.41, 5.74) is 0.0733. The number of amides is 3. The molecule has 9 atom stereocenters. The largest absolute Gasteiger partial charge is 0.459 e. The minimum Gasteiger partial charge on any atom is -0.459 e. The van der Waals surface area contributed by atoms with E-state index in [2.05, 4.69) is 29.0 Å². The van der Waals surface area contributed by atoms with Gasteiger partial charge in [-0.3, -0.25) is 19.2 Å². The van der Waals surface area contributed by atoms with Gasteiger partial charge in [0.2, 0.25) is 17.7 Å². The highest BCUT2D eigenvalue weighted by Crippen LogP contribution is 2.34. The van der Waals surface area contributed by atoms with Crippen molar-refractivity contribution < 1.29 is 43.2 Å². The highest BCUT2D eigenvalue weighted by molar-refractivity contribution is 5.87. The van der Waals surface area contributed by atoms with Crippen molar-refractivity contribution in [1.29, 1.82) is 0 Å². The number of ether oxygens (including phenoxy) is 4. The smallest absolute Gasteiger partial charge is 0.303 e. The molecule has 260 valence electrons. The molecule has 2 aliphatic rings. The van der Waals surface area contributed by atoms with Gasteiger partial charge in [0.1, 0.15) is 18.3 Å². The van der Waals surface area contributed by atoms with E-state index in [0.29, 0.717) is 32.4 Å². The number of rotatable bonds is 15. The first-order valence-electron chi connectivity index (χ1n) is 16.3. The molecule has 0 aromatic rings. The van der Waals surface area contributed by atoms with Crippen LogP contribution in [0.5, 0.6) is 0 Å². The van der Waals surface area contributed by atoms with E-state index >= 15 is 0 Å². The lowest BCUT2D eigenvalue weighted by Crippen LogP contribution is -2.56. The Labute approximate surface area is 273 Å². The number of carbonyl (C=O) groups excluding carboxylic acids is 4. The Balaban J connectivity index is 1.92. The molecule has 0 aromatic carbocycles. The van der Waals surface area contributed by atoms with Crippen molar-refractivity contribution in [1.82, 2.24) is 16.0 Å². The molecule has 0 aromatic heterocycles. The normalized spacial score (nSPS) is 31.0. The number of aliphatic hydroxyl groups is 1. The van der Waals surface area contributed by atoms with Gasteiger partial charge < -0.3 is 40.0 Å². The quantitative estimate of drug-likeness (QED) is 0.0905. The summed E-state index contributed by atoms with van der Waals surface area (Å²) in [6.07, 6.45) is 8.20. The van der Waals surface area contributed by atoms with Gasteiger partial charge in [-0.1, -0.05) is 37.6 Å². The van der Waals surface area contributed by atoms with Crippen molar-refractivity contribution in [3.63, 3.8) is 0 Å². The molecule has 3 amide bonds. The predicted molar refractivity (Wildman–Crippen MR) is 174 cm³/mol. The summed E-state index contributed by atoms with van der Waals surface area (Å²) in [6, 6.07) is -0.144. The molecule has 12 heteroatoms. The van der Waals surface area contributed by atoms with Crippen LogP contribution >= 0.6 is 0 Å². The summed E-state index contributed by atoms with van der Waals surface area (Å²) >= 11 is 0. The van der Waals surface area contributed by atoms with E-state index in [9.17, 15) is 24.3 Å². The molecule has 5 unspecified atom stereocenters. The zero-order valence-electron chi connectivity index (χ0n) is 28.7. The van der Waals surface area contributed by atoms with E-state index in [1.54, 1.807) is 33.1 Å². The van der Waals surface area contributed by atoms with Crippen molar-refractivity contribution in [3.8, 4) is 0 Å². The lowest BCUT2D eigenvalue weighted by Gasteiger charge is -2.44. The van der Waals surface area contributed by atoms with E-state index in [-0.39, 0.29) is 48.3 Å². The summed E-state index contributed by atoms with van der Waals surface area (Å²) in [5.74, 6) is -0.745. The van der Waals surface area contributed by atoms with Crippen molar-refractivity contribution in [2.75, 3.05) is 20.2 Å². The number of hydrogen-bond acceptors (Lipinski definition) is 9. The molecule has 2 saturated heterocycles. The fraction of sp³-hybridized carbons (Fsp3) is 0.706. The molecule has 2 rings (SSSR count). The highest BCUT2D eigenvalue weighted by atomic mass is 16.5. The minimum absolute atomic E-state index is 0.0301. The maximum absolute atomic E-state index is 12.5. The zero-order valence-corrected chi connectivity index (χ0v) is 28.7. The van der Waals surface area contributed by atoms with Gasteiger partial charge in [0, 0.05) is 46.0 Å². The van der Waals surface area contributed by atoms with Gasteiger partial charge in [-0.25, -0.2) is 0 Å². The third-order valence-corrected chi connectivity index (χ3v) is 8.52. The summed E-state index contributed by atoms with van der Waals surface area (Å²) in [4.78, 5) is 47.4. The van der Waals surface area contributed by atoms with E-state index in [1.807, 2.05) is 26.8 Å². The average molecular weight is 650 g/mol. The first-order chi connectivity index (χ1) is 21.7. The third kappa shape index (κ3) is 13.0. The first kappa shape index (κ1) is 39.1. The number of allylic oxidation sites excluding steroid dienone is 2. The van der Waals surface area contributed by atoms with Crippen molar-refractivity contribution >= 4 is 23.7 Å². The van der Waals surface area contributed by atoms with Gasteiger partial charge in [0.25, 0.3) is 0 Å². The fourth-order valence-electron chi connectivity index (χ4n) is 5.63. The third-order valence-electron chi connectivity index (χ3n) is 8.52. The maximum atomic E-state index is 12.5. The van der Waals surface area contributed by atoms with Crippen LogP contribution < -0.4 is 16.0 Å². The molecular weight excluding hydrogens is 594 g/mol. The Morgan fingerprint density at radius 2 is 1.74 bits per heavy atom. The monoisotopic (exact) mass is 649 g/mol. The summed E-state index contributed by atoms with van der Waals surface area (Å²) in [5, 5.41) is 19.6. The molecule has 12 nitrogen and oxygen atoms in total. The average Bonchev–Trinajstić information content (AvgIpc) is 2.99. The first-order valence-corrected chi connectivity index (χ1v) is 16.3. The van der Waals surface area contributed by atoms with Gasteiger partial charge in [-0.05, 0) is 52.5 Å². The molecule has 2 heterocycles. The molecule has 0 radical (unpaired) electrons. The van der Waals surface area contributed by atoms with Crippen LogP contribution in [0.4, 0.5) is 0 Å². The van der Waals surface area contributed by atoms with E-state index < -0.39 is 36.0 Å². The number of methoxy groups -OCH3 is 1. The zero-order chi connectivity index (χ0) is 34.4. The number of nitrogens with one attached hydrogen (secondary N) is 3. The fourth-order valence-corrected chi connectivity index (χ4v) is 5.63. The molecule has 0 bridgehead atoms. The van der Waals surface area contributed by atoms with Gasteiger partial charge in [0.15, 0.2) is 0 Å².